The van der Waals surface area contributed by atoms with Gasteiger partial charge < -0.3 is 14.2 Å². The standard InChI is InChI=1S/C73H124O6/c1-4-7-10-13-16-19-22-24-26-28-29-30-31-32-33-34-35-36-37-38-39-40-41-42-43-45-46-48-51-54-57-60-63-66-72(75)78-69-70(68-77-71(74)65-62-59-56-53-50-21-18-15-12-9-6-3)79-73(76)67-64-61-58-55-52-49-47-44-27-25-23-20-17-14-11-8-5-2/h7-8,10-11,15-20,24-27,29-30,47,49,70H,4-6,9,12-14,21-23,28,31-46,48,50-69H2,1-3H3/b10-7-,11-8-,18-15-,19-16-,20-17-,26-24-,27-25-,30-29-,49-47-. The zero-order valence-electron chi connectivity index (χ0n) is 51.9. The van der Waals surface area contributed by atoms with Gasteiger partial charge in [-0.1, -0.05) is 291 Å². The van der Waals surface area contributed by atoms with E-state index in [9.17, 15) is 14.4 Å². The van der Waals surface area contributed by atoms with Crippen molar-refractivity contribution in [2.45, 2.75) is 322 Å². The van der Waals surface area contributed by atoms with Crippen LogP contribution in [0.1, 0.15) is 316 Å². The van der Waals surface area contributed by atoms with Crippen LogP contribution in [-0.2, 0) is 28.6 Å². The first-order valence-corrected chi connectivity index (χ1v) is 33.4. The normalized spacial score (nSPS) is 12.8. The Morgan fingerprint density at radius 1 is 0.266 bits per heavy atom. The third kappa shape index (κ3) is 64.8. The lowest BCUT2D eigenvalue weighted by molar-refractivity contribution is -0.167. The average Bonchev–Trinajstić information content (AvgIpc) is 3.45. The first-order chi connectivity index (χ1) is 39.0. The molecule has 0 spiro atoms. The highest BCUT2D eigenvalue weighted by atomic mass is 16.6. The van der Waals surface area contributed by atoms with Crippen molar-refractivity contribution in [1.82, 2.24) is 0 Å². The van der Waals surface area contributed by atoms with Gasteiger partial charge in [0.1, 0.15) is 13.2 Å². The number of carbonyl (C=O) groups is 3. The van der Waals surface area contributed by atoms with Gasteiger partial charge in [-0.3, -0.25) is 14.4 Å². The molecule has 0 aliphatic carbocycles. The summed E-state index contributed by atoms with van der Waals surface area (Å²) < 4.78 is 16.9. The van der Waals surface area contributed by atoms with E-state index in [1.54, 1.807) is 0 Å². The molecular formula is C73H124O6. The van der Waals surface area contributed by atoms with Crippen LogP contribution < -0.4 is 0 Å². The summed E-state index contributed by atoms with van der Waals surface area (Å²) in [5.74, 6) is -0.913. The number of ether oxygens (including phenoxy) is 3. The van der Waals surface area contributed by atoms with Crippen molar-refractivity contribution < 1.29 is 28.6 Å². The van der Waals surface area contributed by atoms with Crippen molar-refractivity contribution in [3.63, 3.8) is 0 Å². The van der Waals surface area contributed by atoms with Crippen LogP contribution in [0.2, 0.25) is 0 Å². The summed E-state index contributed by atoms with van der Waals surface area (Å²) in [4.78, 5) is 38.2. The molecule has 79 heavy (non-hydrogen) atoms. The lowest BCUT2D eigenvalue weighted by Gasteiger charge is -2.18. The molecule has 0 aromatic heterocycles. The number of hydrogen-bond donors (Lipinski definition) is 0. The number of rotatable bonds is 60. The minimum atomic E-state index is -0.794. The third-order valence-corrected chi connectivity index (χ3v) is 14.2. The summed E-state index contributed by atoms with van der Waals surface area (Å²) in [6.07, 6.45) is 91.3. The maximum Gasteiger partial charge on any atom is 0.306 e. The molecule has 0 saturated carbocycles. The fourth-order valence-electron chi connectivity index (χ4n) is 9.29. The van der Waals surface area contributed by atoms with E-state index < -0.39 is 6.10 Å². The average molecular weight is 1100 g/mol. The second-order valence-electron chi connectivity index (χ2n) is 22.0. The highest BCUT2D eigenvalue weighted by Gasteiger charge is 2.19. The molecule has 0 heterocycles. The molecular weight excluding hydrogens is 973 g/mol. The lowest BCUT2D eigenvalue weighted by atomic mass is 10.0. The Morgan fingerprint density at radius 2 is 0.494 bits per heavy atom. The fourth-order valence-corrected chi connectivity index (χ4v) is 9.29. The van der Waals surface area contributed by atoms with Crippen molar-refractivity contribution in [3.8, 4) is 0 Å². The van der Waals surface area contributed by atoms with Crippen molar-refractivity contribution >= 4 is 17.9 Å². The van der Waals surface area contributed by atoms with Gasteiger partial charge in [-0.15, -0.1) is 0 Å². The van der Waals surface area contributed by atoms with Crippen LogP contribution in [0, 0.1) is 0 Å². The molecule has 0 N–H and O–H groups in total. The zero-order chi connectivity index (χ0) is 57.1. The summed E-state index contributed by atoms with van der Waals surface area (Å²) in [6, 6.07) is 0. The van der Waals surface area contributed by atoms with E-state index in [2.05, 4.69) is 130 Å². The molecule has 0 aromatic rings. The van der Waals surface area contributed by atoms with Crippen molar-refractivity contribution in [3.05, 3.63) is 109 Å². The Labute approximate surface area is 489 Å². The van der Waals surface area contributed by atoms with E-state index >= 15 is 0 Å². The molecule has 0 aromatic carbocycles. The predicted octanol–water partition coefficient (Wildman–Crippen LogP) is 23.0. The van der Waals surface area contributed by atoms with Gasteiger partial charge in [0.2, 0.25) is 0 Å². The Morgan fingerprint density at radius 3 is 0.785 bits per heavy atom. The van der Waals surface area contributed by atoms with E-state index in [1.165, 1.54) is 148 Å². The van der Waals surface area contributed by atoms with Crippen molar-refractivity contribution in [2.24, 2.45) is 0 Å². The molecule has 0 fully saturated rings. The quantitative estimate of drug-likeness (QED) is 0.0261. The first-order valence-electron chi connectivity index (χ1n) is 33.4. The molecule has 452 valence electrons. The van der Waals surface area contributed by atoms with Crippen LogP contribution in [0.3, 0.4) is 0 Å². The van der Waals surface area contributed by atoms with Crippen LogP contribution in [0.15, 0.2) is 109 Å². The van der Waals surface area contributed by atoms with Crippen LogP contribution in [-0.4, -0.2) is 37.2 Å². The third-order valence-electron chi connectivity index (χ3n) is 14.2. The maximum atomic E-state index is 12.9. The van der Waals surface area contributed by atoms with Gasteiger partial charge in [0, 0.05) is 19.3 Å². The molecule has 0 rings (SSSR count). The highest BCUT2D eigenvalue weighted by Crippen LogP contribution is 2.17. The van der Waals surface area contributed by atoms with Gasteiger partial charge in [-0.05, 0) is 116 Å². The minimum absolute atomic E-state index is 0.0884. The van der Waals surface area contributed by atoms with Crippen LogP contribution in [0.4, 0.5) is 0 Å². The van der Waals surface area contributed by atoms with Gasteiger partial charge in [-0.2, -0.15) is 0 Å². The Hall–Kier alpha value is -3.93. The van der Waals surface area contributed by atoms with Crippen molar-refractivity contribution in [1.29, 1.82) is 0 Å². The predicted molar refractivity (Wildman–Crippen MR) is 343 cm³/mol. The SMILES string of the molecule is CC/C=C\C/C=C\C/C=C\C/C=C\CCCCCCCCCCCCCCCCCCCCCCC(=O)OCC(COC(=O)CCCCCCC/C=C\CCCC)OC(=O)CCCCCC/C=C\C/C=C\C/C=C\C/C=C\CC. The van der Waals surface area contributed by atoms with Crippen LogP contribution in [0.25, 0.3) is 0 Å². The highest BCUT2D eigenvalue weighted by molar-refractivity contribution is 5.71. The molecule has 1 unspecified atom stereocenters. The molecule has 0 bridgehead atoms. The monoisotopic (exact) mass is 1100 g/mol. The van der Waals surface area contributed by atoms with E-state index in [1.807, 2.05) is 0 Å². The van der Waals surface area contributed by atoms with E-state index in [4.69, 9.17) is 14.2 Å². The summed E-state index contributed by atoms with van der Waals surface area (Å²) in [5, 5.41) is 0. The molecule has 0 radical (unpaired) electrons. The summed E-state index contributed by atoms with van der Waals surface area (Å²) in [7, 11) is 0. The minimum Gasteiger partial charge on any atom is -0.462 e. The first kappa shape index (κ1) is 75.1. The number of esters is 3. The van der Waals surface area contributed by atoms with Crippen LogP contribution >= 0.6 is 0 Å². The van der Waals surface area contributed by atoms with Gasteiger partial charge in [-0.25, -0.2) is 0 Å². The van der Waals surface area contributed by atoms with Gasteiger partial charge in [0.25, 0.3) is 0 Å². The Balaban J connectivity index is 4.14. The van der Waals surface area contributed by atoms with E-state index in [0.29, 0.717) is 19.3 Å². The van der Waals surface area contributed by atoms with E-state index in [0.717, 1.165) is 128 Å². The smallest absolute Gasteiger partial charge is 0.306 e. The maximum absolute atomic E-state index is 12.9. The Bertz CT molecular complexity index is 1590. The number of hydrogen-bond acceptors (Lipinski definition) is 6. The molecule has 6 heteroatoms. The second kappa shape index (κ2) is 66.6. The van der Waals surface area contributed by atoms with Gasteiger partial charge in [0.15, 0.2) is 6.10 Å². The van der Waals surface area contributed by atoms with Gasteiger partial charge in [0.05, 0.1) is 0 Å². The number of unbranched alkanes of at least 4 members (excludes halogenated alkanes) is 31. The Kier molecular flexibility index (Phi) is 63.3. The summed E-state index contributed by atoms with van der Waals surface area (Å²) in [6.45, 7) is 6.37. The van der Waals surface area contributed by atoms with Crippen LogP contribution in [0.5, 0.6) is 0 Å². The van der Waals surface area contributed by atoms with Crippen molar-refractivity contribution in [2.75, 3.05) is 13.2 Å². The molecule has 0 aliphatic heterocycles. The molecule has 0 aliphatic rings. The summed E-state index contributed by atoms with van der Waals surface area (Å²) in [5.41, 5.74) is 0. The number of allylic oxidation sites excluding steroid dienone is 18. The molecule has 0 saturated heterocycles. The topological polar surface area (TPSA) is 78.9 Å². The van der Waals surface area contributed by atoms with Gasteiger partial charge >= 0.3 is 17.9 Å². The lowest BCUT2D eigenvalue weighted by Crippen LogP contribution is -2.30. The largest absolute Gasteiger partial charge is 0.462 e. The number of carbonyl (C=O) groups excluding carboxylic acids is 3. The zero-order valence-corrected chi connectivity index (χ0v) is 51.9. The molecule has 6 nitrogen and oxygen atoms in total. The van der Waals surface area contributed by atoms with E-state index in [-0.39, 0.29) is 31.1 Å². The summed E-state index contributed by atoms with van der Waals surface area (Å²) >= 11 is 0. The second-order valence-corrected chi connectivity index (χ2v) is 22.0. The fraction of sp³-hybridized carbons (Fsp3) is 0.712. The molecule has 0 amide bonds. The molecule has 1 atom stereocenters.